The molecule has 0 radical (unpaired) electrons. The van der Waals surface area contributed by atoms with Crippen molar-refractivity contribution in [2.24, 2.45) is 0 Å². The quantitative estimate of drug-likeness (QED) is 0.211. The van der Waals surface area contributed by atoms with E-state index in [9.17, 15) is 5.11 Å². The van der Waals surface area contributed by atoms with Gasteiger partial charge in [0, 0.05) is 5.56 Å². The third-order valence-corrected chi connectivity index (χ3v) is 10.9. The fourth-order valence-electron chi connectivity index (χ4n) is 7.14. The largest absolute Gasteiger partial charge is 0.508 e. The summed E-state index contributed by atoms with van der Waals surface area (Å²) in [5, 5.41) is 11.6. The summed E-state index contributed by atoms with van der Waals surface area (Å²) in [4.78, 5) is 0. The summed E-state index contributed by atoms with van der Waals surface area (Å²) in [6.45, 7) is 27.2. The fourth-order valence-corrected chi connectivity index (χ4v) is 7.14. The van der Waals surface area contributed by atoms with Gasteiger partial charge >= 0.3 is 0 Å². The van der Waals surface area contributed by atoms with E-state index in [2.05, 4.69) is 126 Å². The first kappa shape index (κ1) is 32.6. The molecule has 0 bridgehead atoms. The topological polar surface area (TPSA) is 20.2 Å². The molecule has 1 N–H and O–H groups in total. The van der Waals surface area contributed by atoms with Gasteiger partial charge in [-0.05, 0) is 183 Å². The van der Waals surface area contributed by atoms with Gasteiger partial charge in [-0.15, -0.1) is 0 Å². The summed E-state index contributed by atoms with van der Waals surface area (Å²) in [7, 11) is 0. The Morgan fingerprint density at radius 1 is 0.419 bits per heavy atom. The van der Waals surface area contributed by atoms with Crippen molar-refractivity contribution in [1.82, 2.24) is 0 Å². The molecule has 0 aliphatic rings. The lowest BCUT2D eigenvalue weighted by Crippen LogP contribution is -2.14. The predicted molar refractivity (Wildman–Crippen MR) is 186 cm³/mol. The molecular formula is C42H54O. The molecule has 1 heteroatoms. The predicted octanol–water partition coefficient (Wildman–Crippen LogP) is 11.2. The Morgan fingerprint density at radius 3 is 1.16 bits per heavy atom. The van der Waals surface area contributed by atoms with Crippen molar-refractivity contribution in [2.45, 2.75) is 120 Å². The van der Waals surface area contributed by atoms with Crippen LogP contribution in [0.5, 0.6) is 5.75 Å². The van der Waals surface area contributed by atoms with E-state index in [0.717, 1.165) is 24.8 Å². The van der Waals surface area contributed by atoms with Crippen LogP contribution >= 0.6 is 0 Å². The van der Waals surface area contributed by atoms with Crippen LogP contribution in [0.1, 0.15) is 122 Å². The maximum Gasteiger partial charge on any atom is 0.119 e. The van der Waals surface area contributed by atoms with Gasteiger partial charge in [-0.2, -0.15) is 0 Å². The Kier molecular flexibility index (Phi) is 9.95. The van der Waals surface area contributed by atoms with Crippen LogP contribution in [0.2, 0.25) is 0 Å². The van der Waals surface area contributed by atoms with Crippen LogP contribution in [-0.4, -0.2) is 5.11 Å². The first-order chi connectivity index (χ1) is 20.2. The van der Waals surface area contributed by atoms with Crippen LogP contribution in [0.3, 0.4) is 0 Å². The Balaban J connectivity index is 1.83. The number of benzene rings is 4. The molecule has 0 spiro atoms. The normalized spacial score (nSPS) is 13.7. The second kappa shape index (κ2) is 13.1. The number of aryl methyl sites for hydroxylation is 3. The summed E-state index contributed by atoms with van der Waals surface area (Å²) in [6.07, 6.45) is 2.86. The summed E-state index contributed by atoms with van der Waals surface area (Å²) in [5.41, 5.74) is 20.4. The van der Waals surface area contributed by atoms with Crippen LogP contribution in [0, 0.1) is 62.3 Å². The van der Waals surface area contributed by atoms with Gasteiger partial charge < -0.3 is 5.11 Å². The molecule has 3 unspecified atom stereocenters. The van der Waals surface area contributed by atoms with Gasteiger partial charge in [0.05, 0.1) is 0 Å². The summed E-state index contributed by atoms with van der Waals surface area (Å²) < 4.78 is 0. The van der Waals surface area contributed by atoms with Gasteiger partial charge in [0.15, 0.2) is 0 Å². The van der Waals surface area contributed by atoms with Crippen LogP contribution in [0.15, 0.2) is 48.5 Å². The SMILES string of the molecule is Cc1ccc(CC(C)c2ccc(O)c(C(C)Cc3ccc(C)c(C)c3C)c2C(C)Cc2ccc(C)c(C)c2C)c(C)c1C. The molecular weight excluding hydrogens is 520 g/mol. The van der Waals surface area contributed by atoms with E-state index < -0.39 is 0 Å². The Hall–Kier alpha value is -3.32. The zero-order valence-corrected chi connectivity index (χ0v) is 28.9. The number of aromatic hydroxyl groups is 1. The van der Waals surface area contributed by atoms with Crippen molar-refractivity contribution in [3.05, 3.63) is 132 Å². The minimum absolute atomic E-state index is 0.189. The van der Waals surface area contributed by atoms with Crippen LogP contribution in [0.4, 0.5) is 0 Å². The van der Waals surface area contributed by atoms with Crippen molar-refractivity contribution in [3.63, 3.8) is 0 Å². The van der Waals surface area contributed by atoms with Crippen molar-refractivity contribution in [1.29, 1.82) is 0 Å². The molecule has 1 nitrogen and oxygen atoms in total. The molecule has 0 aliphatic heterocycles. The second-order valence-electron chi connectivity index (χ2n) is 13.7. The maximum absolute atomic E-state index is 11.6. The third kappa shape index (κ3) is 6.62. The number of phenols is 1. The van der Waals surface area contributed by atoms with E-state index in [1.165, 1.54) is 77.9 Å². The van der Waals surface area contributed by atoms with Crippen LogP contribution < -0.4 is 0 Å². The average Bonchev–Trinajstić information content (AvgIpc) is 2.97. The first-order valence-electron chi connectivity index (χ1n) is 16.2. The smallest absolute Gasteiger partial charge is 0.119 e. The molecule has 3 atom stereocenters. The number of hydrogen-bond acceptors (Lipinski definition) is 1. The zero-order valence-electron chi connectivity index (χ0n) is 28.9. The minimum atomic E-state index is 0.189. The summed E-state index contributed by atoms with van der Waals surface area (Å²) >= 11 is 0. The highest BCUT2D eigenvalue weighted by molar-refractivity contribution is 5.52. The van der Waals surface area contributed by atoms with Crippen molar-refractivity contribution >= 4 is 0 Å². The monoisotopic (exact) mass is 574 g/mol. The molecule has 43 heavy (non-hydrogen) atoms. The van der Waals surface area contributed by atoms with E-state index in [1.807, 2.05) is 6.07 Å². The molecule has 4 aromatic carbocycles. The van der Waals surface area contributed by atoms with E-state index in [4.69, 9.17) is 0 Å². The van der Waals surface area contributed by atoms with Crippen LogP contribution in [0.25, 0.3) is 0 Å². The van der Waals surface area contributed by atoms with E-state index in [0.29, 0.717) is 11.7 Å². The molecule has 228 valence electrons. The van der Waals surface area contributed by atoms with Gasteiger partial charge in [-0.1, -0.05) is 63.2 Å². The number of phenolic OH excluding ortho intramolecular Hbond substituents is 1. The van der Waals surface area contributed by atoms with E-state index in [-0.39, 0.29) is 11.8 Å². The number of rotatable bonds is 9. The maximum atomic E-state index is 11.6. The first-order valence-corrected chi connectivity index (χ1v) is 16.2. The molecule has 4 aromatic rings. The molecule has 0 saturated heterocycles. The molecule has 0 aromatic heterocycles. The summed E-state index contributed by atoms with van der Waals surface area (Å²) in [5.74, 6) is 1.22. The van der Waals surface area contributed by atoms with Crippen molar-refractivity contribution in [3.8, 4) is 5.75 Å². The second-order valence-corrected chi connectivity index (χ2v) is 13.7. The third-order valence-electron chi connectivity index (χ3n) is 10.9. The molecule has 0 heterocycles. The van der Waals surface area contributed by atoms with Crippen LogP contribution in [-0.2, 0) is 19.3 Å². The highest BCUT2D eigenvalue weighted by Gasteiger charge is 2.26. The molecule has 0 aliphatic carbocycles. The zero-order chi connectivity index (χ0) is 31.7. The molecule has 0 fully saturated rings. The lowest BCUT2D eigenvalue weighted by Gasteiger charge is -2.29. The van der Waals surface area contributed by atoms with Gasteiger partial charge in [0.2, 0.25) is 0 Å². The molecule has 4 rings (SSSR count). The van der Waals surface area contributed by atoms with Crippen molar-refractivity contribution in [2.75, 3.05) is 0 Å². The van der Waals surface area contributed by atoms with Crippen molar-refractivity contribution < 1.29 is 5.11 Å². The summed E-state index contributed by atoms with van der Waals surface area (Å²) in [6, 6.07) is 17.9. The lowest BCUT2D eigenvalue weighted by atomic mass is 9.76. The Morgan fingerprint density at radius 2 is 0.767 bits per heavy atom. The van der Waals surface area contributed by atoms with E-state index >= 15 is 0 Å². The molecule has 0 amide bonds. The minimum Gasteiger partial charge on any atom is -0.508 e. The highest BCUT2D eigenvalue weighted by Crippen LogP contribution is 2.42. The number of hydrogen-bond donors (Lipinski definition) is 1. The Labute approximate surface area is 262 Å². The van der Waals surface area contributed by atoms with E-state index in [1.54, 1.807) is 0 Å². The van der Waals surface area contributed by atoms with Gasteiger partial charge in [-0.3, -0.25) is 0 Å². The Bertz CT molecular complexity index is 1640. The molecule has 0 saturated carbocycles. The highest BCUT2D eigenvalue weighted by atomic mass is 16.3. The average molecular weight is 575 g/mol. The van der Waals surface area contributed by atoms with Gasteiger partial charge in [0.25, 0.3) is 0 Å². The van der Waals surface area contributed by atoms with Gasteiger partial charge in [0.1, 0.15) is 5.75 Å². The standard InChI is InChI=1S/C42H54O/c1-24-13-16-36(33(10)30(24)7)21-27(4)39-19-20-40(43)42(29(6)23-38-18-15-26(3)32(9)35(38)12)41(39)28(5)22-37-17-14-25(2)31(8)34(37)11/h13-20,27-29,43H,21-23H2,1-12H3. The fraction of sp³-hybridized carbons (Fsp3) is 0.429. The lowest BCUT2D eigenvalue weighted by molar-refractivity contribution is 0.458. The van der Waals surface area contributed by atoms with Gasteiger partial charge in [-0.25, -0.2) is 0 Å².